The Balaban J connectivity index is 1.50. The van der Waals surface area contributed by atoms with Gasteiger partial charge >= 0.3 is 0 Å². The van der Waals surface area contributed by atoms with Crippen molar-refractivity contribution in [2.24, 2.45) is 0 Å². The van der Waals surface area contributed by atoms with Crippen LogP contribution in [0.2, 0.25) is 0 Å². The number of nitrogens with zero attached hydrogens (tertiary/aromatic N) is 4. The fourth-order valence-electron chi connectivity index (χ4n) is 3.16. The van der Waals surface area contributed by atoms with Crippen LogP contribution in [0.4, 0.5) is 0 Å². The standard InChI is InChI=1S/C20H20N4O2/c1-14(25)19-13-24(22-21-19)16-11-23(12-16)20(26)18-10-6-5-9-17(18)15-7-3-2-4-8-15/h2-10,13-14,16,25H,11-12H2,1H3/t14-/m0/s1. The van der Waals surface area contributed by atoms with Crippen LogP contribution in [0, 0.1) is 0 Å². The van der Waals surface area contributed by atoms with Crippen molar-refractivity contribution in [3.05, 3.63) is 72.1 Å². The number of carbonyl (C=O) groups is 1. The largest absolute Gasteiger partial charge is 0.387 e. The van der Waals surface area contributed by atoms with Crippen LogP contribution in [0.5, 0.6) is 0 Å². The lowest BCUT2D eigenvalue weighted by Gasteiger charge is -2.39. The monoisotopic (exact) mass is 348 g/mol. The van der Waals surface area contributed by atoms with E-state index in [2.05, 4.69) is 10.3 Å². The first-order chi connectivity index (χ1) is 12.6. The van der Waals surface area contributed by atoms with Gasteiger partial charge in [0.15, 0.2) is 0 Å². The summed E-state index contributed by atoms with van der Waals surface area (Å²) in [5.41, 5.74) is 3.23. The average Bonchev–Trinajstić information content (AvgIpc) is 3.11. The van der Waals surface area contributed by atoms with Crippen molar-refractivity contribution in [3.63, 3.8) is 0 Å². The third-order valence-corrected chi connectivity index (χ3v) is 4.72. The van der Waals surface area contributed by atoms with E-state index in [1.807, 2.05) is 59.5 Å². The molecule has 1 amide bonds. The van der Waals surface area contributed by atoms with Gasteiger partial charge in [0.25, 0.3) is 5.91 Å². The van der Waals surface area contributed by atoms with Gasteiger partial charge in [-0.25, -0.2) is 4.68 Å². The van der Waals surface area contributed by atoms with Gasteiger partial charge in [-0.1, -0.05) is 53.7 Å². The normalized spacial score (nSPS) is 15.5. The van der Waals surface area contributed by atoms with Crippen LogP contribution >= 0.6 is 0 Å². The fourth-order valence-corrected chi connectivity index (χ4v) is 3.16. The number of aromatic nitrogens is 3. The van der Waals surface area contributed by atoms with Gasteiger partial charge in [-0.3, -0.25) is 4.79 Å². The summed E-state index contributed by atoms with van der Waals surface area (Å²) in [7, 11) is 0. The number of hydrogen-bond donors (Lipinski definition) is 1. The van der Waals surface area contributed by atoms with Gasteiger partial charge < -0.3 is 10.0 Å². The van der Waals surface area contributed by atoms with Gasteiger partial charge in [0.1, 0.15) is 5.69 Å². The van der Waals surface area contributed by atoms with E-state index < -0.39 is 6.10 Å². The lowest BCUT2D eigenvalue weighted by Crippen LogP contribution is -2.51. The first-order valence-corrected chi connectivity index (χ1v) is 8.67. The smallest absolute Gasteiger partial charge is 0.254 e. The van der Waals surface area contributed by atoms with E-state index in [0.29, 0.717) is 24.3 Å². The zero-order valence-corrected chi connectivity index (χ0v) is 14.5. The van der Waals surface area contributed by atoms with Crippen molar-refractivity contribution in [1.82, 2.24) is 19.9 Å². The molecular weight excluding hydrogens is 328 g/mol. The maximum atomic E-state index is 13.0. The SMILES string of the molecule is C[C@H](O)c1cn(C2CN(C(=O)c3ccccc3-c3ccccc3)C2)nn1. The molecular formula is C20H20N4O2. The van der Waals surface area contributed by atoms with Gasteiger partial charge in [-0.15, -0.1) is 5.10 Å². The van der Waals surface area contributed by atoms with Crippen LogP contribution in [-0.2, 0) is 0 Å². The summed E-state index contributed by atoms with van der Waals surface area (Å²) in [5.74, 6) is 0.0246. The number of amides is 1. The van der Waals surface area contributed by atoms with Gasteiger partial charge in [0.2, 0.25) is 0 Å². The summed E-state index contributed by atoms with van der Waals surface area (Å²) in [5, 5.41) is 17.6. The van der Waals surface area contributed by atoms with Gasteiger partial charge in [-0.2, -0.15) is 0 Å². The molecule has 1 aliphatic rings. The van der Waals surface area contributed by atoms with Gasteiger partial charge in [0, 0.05) is 18.7 Å². The quantitative estimate of drug-likeness (QED) is 0.787. The average molecular weight is 348 g/mol. The summed E-state index contributed by atoms with van der Waals surface area (Å²) in [4.78, 5) is 14.8. The van der Waals surface area contributed by atoms with Crippen LogP contribution in [0.1, 0.15) is 35.1 Å². The molecule has 1 N–H and O–H groups in total. The summed E-state index contributed by atoms with van der Waals surface area (Å²) in [6.07, 6.45) is 1.11. The lowest BCUT2D eigenvalue weighted by atomic mass is 9.97. The number of hydrogen-bond acceptors (Lipinski definition) is 4. The maximum Gasteiger partial charge on any atom is 0.254 e. The van der Waals surface area contributed by atoms with Crippen LogP contribution in [-0.4, -0.2) is 44.0 Å². The summed E-state index contributed by atoms with van der Waals surface area (Å²) in [6, 6.07) is 17.7. The molecule has 6 heteroatoms. The molecule has 0 saturated carbocycles. The van der Waals surface area contributed by atoms with E-state index in [1.165, 1.54) is 0 Å². The molecule has 3 aromatic rings. The van der Waals surface area contributed by atoms with E-state index in [1.54, 1.807) is 17.8 Å². The zero-order chi connectivity index (χ0) is 18.1. The molecule has 26 heavy (non-hydrogen) atoms. The van der Waals surface area contributed by atoms with E-state index >= 15 is 0 Å². The van der Waals surface area contributed by atoms with Crippen molar-refractivity contribution >= 4 is 5.91 Å². The van der Waals surface area contributed by atoms with Crippen molar-refractivity contribution in [1.29, 1.82) is 0 Å². The van der Waals surface area contributed by atoms with E-state index in [-0.39, 0.29) is 11.9 Å². The van der Waals surface area contributed by atoms with Crippen molar-refractivity contribution < 1.29 is 9.90 Å². The minimum atomic E-state index is -0.640. The van der Waals surface area contributed by atoms with Crippen LogP contribution in [0.15, 0.2) is 60.8 Å². The molecule has 132 valence electrons. The highest BCUT2D eigenvalue weighted by molar-refractivity contribution is 6.01. The second-order valence-electron chi connectivity index (χ2n) is 6.57. The van der Waals surface area contributed by atoms with E-state index in [4.69, 9.17) is 0 Å². The molecule has 6 nitrogen and oxygen atoms in total. The second kappa shape index (κ2) is 6.72. The molecule has 0 bridgehead atoms. The number of benzene rings is 2. The summed E-state index contributed by atoms with van der Waals surface area (Å²) >= 11 is 0. The first kappa shape index (κ1) is 16.5. The Hall–Kier alpha value is -2.99. The van der Waals surface area contributed by atoms with Crippen LogP contribution in [0.3, 0.4) is 0 Å². The number of aliphatic hydroxyl groups excluding tert-OH is 1. The molecule has 1 saturated heterocycles. The van der Waals surface area contributed by atoms with Crippen LogP contribution < -0.4 is 0 Å². The Morgan fingerprint density at radius 3 is 2.50 bits per heavy atom. The molecule has 0 aliphatic carbocycles. The molecule has 2 heterocycles. The first-order valence-electron chi connectivity index (χ1n) is 8.67. The van der Waals surface area contributed by atoms with Crippen LogP contribution in [0.25, 0.3) is 11.1 Å². The molecule has 4 rings (SSSR count). The Kier molecular flexibility index (Phi) is 4.26. The Labute approximate surface area is 151 Å². The highest BCUT2D eigenvalue weighted by Crippen LogP contribution is 2.28. The lowest BCUT2D eigenvalue weighted by molar-refractivity contribution is 0.0499. The Morgan fingerprint density at radius 1 is 1.12 bits per heavy atom. The van der Waals surface area contributed by atoms with Crippen molar-refractivity contribution in [2.75, 3.05) is 13.1 Å². The van der Waals surface area contributed by atoms with E-state index in [9.17, 15) is 9.90 Å². The molecule has 1 aromatic heterocycles. The fraction of sp³-hybridized carbons (Fsp3) is 0.250. The third kappa shape index (κ3) is 2.99. The molecule has 1 aliphatic heterocycles. The van der Waals surface area contributed by atoms with Crippen molar-refractivity contribution in [3.8, 4) is 11.1 Å². The minimum Gasteiger partial charge on any atom is -0.387 e. The van der Waals surface area contributed by atoms with Gasteiger partial charge in [-0.05, 0) is 24.1 Å². The molecule has 0 spiro atoms. The Bertz CT molecular complexity index is 914. The molecule has 0 unspecified atom stereocenters. The number of likely N-dealkylation sites (tertiary alicyclic amines) is 1. The number of aliphatic hydroxyl groups is 1. The maximum absolute atomic E-state index is 13.0. The molecule has 0 radical (unpaired) electrons. The van der Waals surface area contributed by atoms with E-state index in [0.717, 1.165) is 11.1 Å². The molecule has 1 atom stereocenters. The summed E-state index contributed by atoms with van der Waals surface area (Å²) in [6.45, 7) is 2.83. The van der Waals surface area contributed by atoms with Crippen molar-refractivity contribution in [2.45, 2.75) is 19.1 Å². The zero-order valence-electron chi connectivity index (χ0n) is 14.5. The predicted molar refractivity (Wildman–Crippen MR) is 97.5 cm³/mol. The topological polar surface area (TPSA) is 71.2 Å². The molecule has 2 aromatic carbocycles. The highest BCUT2D eigenvalue weighted by atomic mass is 16.3. The number of rotatable bonds is 4. The van der Waals surface area contributed by atoms with Gasteiger partial charge in [0.05, 0.1) is 18.3 Å². The predicted octanol–water partition coefficient (Wildman–Crippen LogP) is 2.70. The molecule has 1 fully saturated rings. The minimum absolute atomic E-state index is 0.0246. The summed E-state index contributed by atoms with van der Waals surface area (Å²) < 4.78 is 1.73. The second-order valence-corrected chi connectivity index (χ2v) is 6.57. The number of carbonyl (C=O) groups excluding carboxylic acids is 1. The Morgan fingerprint density at radius 2 is 1.81 bits per heavy atom. The third-order valence-electron chi connectivity index (χ3n) is 4.72. The highest BCUT2D eigenvalue weighted by Gasteiger charge is 2.34.